The number of hydrogen-bond acceptors (Lipinski definition) is 6. The van der Waals surface area contributed by atoms with E-state index in [9.17, 15) is 19.7 Å². The lowest BCUT2D eigenvalue weighted by Gasteiger charge is -2.31. The molecule has 30 heavy (non-hydrogen) atoms. The van der Waals surface area contributed by atoms with Gasteiger partial charge in [0.05, 0.1) is 17.8 Å². The molecule has 1 fully saturated rings. The topological polar surface area (TPSA) is 89.8 Å². The minimum atomic E-state index is -0.473. The van der Waals surface area contributed by atoms with Crippen LogP contribution >= 0.6 is 11.8 Å². The van der Waals surface area contributed by atoms with Crippen molar-refractivity contribution in [2.75, 3.05) is 26.0 Å². The molecule has 1 heterocycles. The highest BCUT2D eigenvalue weighted by atomic mass is 32.2. The van der Waals surface area contributed by atoms with Gasteiger partial charge in [-0.3, -0.25) is 19.7 Å². The quantitative estimate of drug-likeness (QED) is 0.359. The third kappa shape index (κ3) is 5.38. The van der Waals surface area contributed by atoms with Crippen LogP contribution < -0.4 is 4.74 Å². The van der Waals surface area contributed by atoms with Crippen LogP contribution in [0, 0.1) is 16.0 Å². The van der Waals surface area contributed by atoms with Crippen LogP contribution in [0.3, 0.4) is 0 Å². The van der Waals surface area contributed by atoms with E-state index >= 15 is 0 Å². The Morgan fingerprint density at radius 2 is 1.87 bits per heavy atom. The van der Waals surface area contributed by atoms with E-state index in [0.29, 0.717) is 37.4 Å². The SMILES string of the molecule is COc1ccc(CSCC(=O)N2CCC(C(=O)c3ccccc3)CC2)cc1[N+](=O)[O-]. The van der Waals surface area contributed by atoms with Crippen LogP contribution in [-0.2, 0) is 10.5 Å². The number of ether oxygens (including phenoxy) is 1. The average Bonchev–Trinajstić information content (AvgIpc) is 2.79. The minimum Gasteiger partial charge on any atom is -0.490 e. The highest BCUT2D eigenvalue weighted by Gasteiger charge is 2.27. The van der Waals surface area contributed by atoms with Crippen molar-refractivity contribution in [2.24, 2.45) is 5.92 Å². The van der Waals surface area contributed by atoms with Crippen molar-refractivity contribution < 1.29 is 19.2 Å². The first-order valence-electron chi connectivity index (χ1n) is 9.75. The van der Waals surface area contributed by atoms with Crippen molar-refractivity contribution in [3.05, 3.63) is 69.8 Å². The standard InChI is InChI=1S/C22H24N2O5S/c1-29-20-8-7-16(13-19(20)24(27)28)14-30-15-21(25)23-11-9-18(10-12-23)22(26)17-5-3-2-4-6-17/h2-8,13,18H,9-12,14-15H2,1H3. The van der Waals surface area contributed by atoms with Gasteiger partial charge in [0.25, 0.3) is 0 Å². The van der Waals surface area contributed by atoms with E-state index in [1.54, 1.807) is 17.0 Å². The summed E-state index contributed by atoms with van der Waals surface area (Å²) >= 11 is 1.42. The van der Waals surface area contributed by atoms with Crippen LogP contribution in [0.15, 0.2) is 48.5 Å². The number of piperidine rings is 1. The number of Topliss-reactive ketones (excluding diaryl/α,β-unsaturated/α-hetero) is 1. The fourth-order valence-electron chi connectivity index (χ4n) is 3.54. The van der Waals surface area contributed by atoms with Crippen molar-refractivity contribution in [1.29, 1.82) is 0 Å². The Balaban J connectivity index is 1.46. The smallest absolute Gasteiger partial charge is 0.311 e. The molecule has 3 rings (SSSR count). The Morgan fingerprint density at radius 1 is 1.17 bits per heavy atom. The monoisotopic (exact) mass is 428 g/mol. The van der Waals surface area contributed by atoms with Crippen molar-refractivity contribution in [1.82, 2.24) is 4.90 Å². The predicted molar refractivity (Wildman–Crippen MR) is 116 cm³/mol. The van der Waals surface area contributed by atoms with Crippen LogP contribution in [0.2, 0.25) is 0 Å². The molecule has 0 atom stereocenters. The molecule has 1 aliphatic rings. The first-order valence-corrected chi connectivity index (χ1v) is 10.9. The molecule has 0 saturated carbocycles. The number of methoxy groups -OCH3 is 1. The van der Waals surface area contributed by atoms with Gasteiger partial charge in [0, 0.05) is 36.4 Å². The summed E-state index contributed by atoms with van der Waals surface area (Å²) in [6, 6.07) is 14.1. The zero-order valence-corrected chi connectivity index (χ0v) is 17.6. The van der Waals surface area contributed by atoms with Gasteiger partial charge in [0.15, 0.2) is 11.5 Å². The summed E-state index contributed by atoms with van der Waals surface area (Å²) in [5.74, 6) is 1.17. The second kappa shape index (κ2) is 10.2. The molecule has 0 unspecified atom stereocenters. The number of likely N-dealkylation sites (tertiary alicyclic amines) is 1. The van der Waals surface area contributed by atoms with Crippen molar-refractivity contribution in [3.63, 3.8) is 0 Å². The van der Waals surface area contributed by atoms with Gasteiger partial charge in [-0.05, 0) is 24.5 Å². The maximum atomic E-state index is 12.6. The number of amides is 1. The van der Waals surface area contributed by atoms with E-state index in [2.05, 4.69) is 0 Å². The molecule has 0 N–H and O–H groups in total. The maximum absolute atomic E-state index is 12.6. The summed E-state index contributed by atoms with van der Waals surface area (Å²) < 4.78 is 5.00. The van der Waals surface area contributed by atoms with Gasteiger partial charge in [-0.1, -0.05) is 36.4 Å². The first kappa shape index (κ1) is 21.8. The molecule has 0 spiro atoms. The number of nitrogens with zero attached hydrogens (tertiary/aromatic N) is 2. The first-order chi connectivity index (χ1) is 14.5. The molecule has 7 nitrogen and oxygen atoms in total. The number of nitro groups is 1. The molecular weight excluding hydrogens is 404 g/mol. The summed E-state index contributed by atoms with van der Waals surface area (Å²) in [5, 5.41) is 11.1. The Labute approximate surface area is 179 Å². The lowest BCUT2D eigenvalue weighted by molar-refractivity contribution is -0.385. The van der Waals surface area contributed by atoms with Crippen LogP contribution in [0.25, 0.3) is 0 Å². The zero-order chi connectivity index (χ0) is 21.5. The Kier molecular flexibility index (Phi) is 7.46. The molecule has 2 aromatic rings. The Hall–Kier alpha value is -2.87. The number of hydrogen-bond donors (Lipinski definition) is 0. The van der Waals surface area contributed by atoms with Crippen molar-refractivity contribution in [2.45, 2.75) is 18.6 Å². The molecule has 8 heteroatoms. The van der Waals surface area contributed by atoms with Gasteiger partial charge in [-0.2, -0.15) is 0 Å². The molecular formula is C22H24N2O5S. The van der Waals surface area contributed by atoms with Gasteiger partial charge in [-0.15, -0.1) is 11.8 Å². The second-order valence-corrected chi connectivity index (χ2v) is 8.13. The molecule has 0 bridgehead atoms. The van der Waals surface area contributed by atoms with Crippen LogP contribution in [0.5, 0.6) is 5.75 Å². The largest absolute Gasteiger partial charge is 0.490 e. The fourth-order valence-corrected chi connectivity index (χ4v) is 4.42. The summed E-state index contributed by atoms with van der Waals surface area (Å²) in [6.45, 7) is 1.16. The number of thioether (sulfide) groups is 1. The van der Waals surface area contributed by atoms with Gasteiger partial charge in [-0.25, -0.2) is 0 Å². The van der Waals surface area contributed by atoms with Crippen molar-refractivity contribution in [3.8, 4) is 5.75 Å². The molecule has 0 radical (unpaired) electrons. The highest BCUT2D eigenvalue weighted by molar-refractivity contribution is 7.99. The molecule has 2 aromatic carbocycles. The summed E-state index contributed by atoms with van der Waals surface area (Å²) in [7, 11) is 1.39. The van der Waals surface area contributed by atoms with E-state index in [1.165, 1.54) is 24.9 Å². The van der Waals surface area contributed by atoms with E-state index in [-0.39, 0.29) is 29.0 Å². The molecule has 1 saturated heterocycles. The number of benzene rings is 2. The molecule has 0 aromatic heterocycles. The third-order valence-electron chi connectivity index (χ3n) is 5.21. The van der Waals surface area contributed by atoms with Crippen molar-refractivity contribution >= 4 is 29.1 Å². The van der Waals surface area contributed by atoms with E-state index in [0.717, 1.165) is 11.1 Å². The molecule has 1 amide bonds. The van der Waals surface area contributed by atoms with Gasteiger partial charge in [0.2, 0.25) is 5.91 Å². The summed E-state index contributed by atoms with van der Waals surface area (Å²) in [6.07, 6.45) is 1.35. The second-order valence-electron chi connectivity index (χ2n) is 7.14. The van der Waals surface area contributed by atoms with Crippen LogP contribution in [-0.4, -0.2) is 47.5 Å². The minimum absolute atomic E-state index is 0.0358. The lowest BCUT2D eigenvalue weighted by atomic mass is 9.89. The van der Waals surface area contributed by atoms with E-state index < -0.39 is 4.92 Å². The van der Waals surface area contributed by atoms with E-state index in [4.69, 9.17) is 4.74 Å². The fraction of sp³-hybridized carbons (Fsp3) is 0.364. The van der Waals surface area contributed by atoms with E-state index in [1.807, 2.05) is 30.3 Å². The van der Waals surface area contributed by atoms with Gasteiger partial charge >= 0.3 is 5.69 Å². The maximum Gasteiger partial charge on any atom is 0.311 e. The molecule has 158 valence electrons. The van der Waals surface area contributed by atoms with Gasteiger partial charge in [0.1, 0.15) is 0 Å². The Bertz CT molecular complexity index is 911. The summed E-state index contributed by atoms with van der Waals surface area (Å²) in [4.78, 5) is 37.5. The molecule has 0 aliphatic carbocycles. The van der Waals surface area contributed by atoms with Crippen LogP contribution in [0.4, 0.5) is 5.69 Å². The zero-order valence-electron chi connectivity index (χ0n) is 16.8. The number of nitro benzene ring substituents is 1. The normalized spacial score (nSPS) is 14.4. The molecule has 1 aliphatic heterocycles. The highest BCUT2D eigenvalue weighted by Crippen LogP contribution is 2.29. The summed E-state index contributed by atoms with van der Waals surface area (Å²) in [5.41, 5.74) is 1.42. The number of ketones is 1. The van der Waals surface area contributed by atoms with Gasteiger partial charge < -0.3 is 9.64 Å². The van der Waals surface area contributed by atoms with Crippen LogP contribution in [0.1, 0.15) is 28.8 Å². The number of carbonyl (C=O) groups excluding carboxylic acids is 2. The average molecular weight is 429 g/mol. The lowest BCUT2D eigenvalue weighted by Crippen LogP contribution is -2.41. The third-order valence-corrected chi connectivity index (χ3v) is 6.20. The Morgan fingerprint density at radius 3 is 2.50 bits per heavy atom. The number of rotatable bonds is 8. The number of carbonyl (C=O) groups is 2. The predicted octanol–water partition coefficient (Wildman–Crippen LogP) is 3.96.